The van der Waals surface area contributed by atoms with Crippen LogP contribution in [-0.2, 0) is 0 Å². The zero-order valence-corrected chi connectivity index (χ0v) is 8.01. The van der Waals surface area contributed by atoms with Crippen molar-refractivity contribution < 1.29 is 19.7 Å². The number of para-hydroxylation sites is 2. The Hall–Kier alpha value is -1.26. The Morgan fingerprint density at radius 3 is 2.50 bits per heavy atom. The van der Waals surface area contributed by atoms with Gasteiger partial charge in [0.2, 0.25) is 0 Å². The highest BCUT2D eigenvalue weighted by molar-refractivity contribution is 5.39. The SMILES string of the molecule is COc1ccccc1O[13CH2][13CH](O)[13CH2]O. The van der Waals surface area contributed by atoms with Crippen LogP contribution >= 0.6 is 0 Å². The molecule has 0 amide bonds. The number of hydrogen-bond donors (Lipinski definition) is 2. The van der Waals surface area contributed by atoms with Crippen LogP contribution in [0.25, 0.3) is 0 Å². The van der Waals surface area contributed by atoms with E-state index in [1.807, 2.05) is 12.1 Å². The second kappa shape index (κ2) is 5.47. The Morgan fingerprint density at radius 1 is 1.29 bits per heavy atom. The first-order valence-corrected chi connectivity index (χ1v) is 4.32. The van der Waals surface area contributed by atoms with Crippen molar-refractivity contribution in [2.45, 2.75) is 6.10 Å². The number of rotatable bonds is 5. The molecule has 0 aromatic heterocycles. The van der Waals surface area contributed by atoms with Gasteiger partial charge in [0, 0.05) is 0 Å². The van der Waals surface area contributed by atoms with Crippen molar-refractivity contribution in [1.29, 1.82) is 0 Å². The van der Waals surface area contributed by atoms with E-state index in [4.69, 9.17) is 19.7 Å². The molecule has 0 aliphatic rings. The monoisotopic (exact) mass is 201 g/mol. The maximum Gasteiger partial charge on any atom is 0.161 e. The summed E-state index contributed by atoms with van der Waals surface area (Å²) in [7, 11) is 1.55. The third kappa shape index (κ3) is 2.90. The fourth-order valence-corrected chi connectivity index (χ4v) is 0.977. The molecule has 0 bridgehead atoms. The lowest BCUT2D eigenvalue weighted by atomic mass is 10.3. The number of hydrogen-bond acceptors (Lipinski definition) is 4. The molecule has 78 valence electrons. The van der Waals surface area contributed by atoms with Crippen LogP contribution in [0, 0.1) is 0 Å². The molecule has 0 heterocycles. The first kappa shape index (κ1) is 10.8. The summed E-state index contributed by atoms with van der Waals surface area (Å²) in [6.45, 7) is -0.258. The molecule has 0 aliphatic carbocycles. The molecule has 2 N–H and O–H groups in total. The van der Waals surface area contributed by atoms with Crippen molar-refractivity contribution in [3.05, 3.63) is 24.3 Å². The maximum atomic E-state index is 9.07. The van der Waals surface area contributed by atoms with Gasteiger partial charge in [0.25, 0.3) is 0 Å². The van der Waals surface area contributed by atoms with E-state index in [9.17, 15) is 0 Å². The molecule has 1 aromatic rings. The lowest BCUT2D eigenvalue weighted by Crippen LogP contribution is -2.21. The van der Waals surface area contributed by atoms with Gasteiger partial charge in [0.1, 0.15) is 12.7 Å². The zero-order valence-electron chi connectivity index (χ0n) is 8.01. The minimum atomic E-state index is -0.861. The van der Waals surface area contributed by atoms with Crippen LogP contribution in [0.2, 0.25) is 0 Å². The van der Waals surface area contributed by atoms with Crippen LogP contribution in [-0.4, -0.2) is 36.6 Å². The van der Waals surface area contributed by atoms with Crippen LogP contribution in [0.3, 0.4) is 0 Å². The van der Waals surface area contributed by atoms with Crippen molar-refractivity contribution >= 4 is 0 Å². The number of ether oxygens (including phenoxy) is 2. The van der Waals surface area contributed by atoms with E-state index in [1.165, 1.54) is 0 Å². The van der Waals surface area contributed by atoms with Crippen LogP contribution in [0.1, 0.15) is 0 Å². The summed E-state index contributed by atoms with van der Waals surface area (Å²) in [4.78, 5) is 0. The zero-order chi connectivity index (χ0) is 10.4. The molecule has 0 saturated carbocycles. The molecule has 4 nitrogen and oxygen atoms in total. The predicted octanol–water partition coefficient (Wildman–Crippen LogP) is 0.427. The van der Waals surface area contributed by atoms with E-state index in [0.717, 1.165) is 0 Å². The molecule has 1 aromatic carbocycles. The molecular formula is C10H14O4. The molecule has 14 heavy (non-hydrogen) atoms. The predicted molar refractivity (Wildman–Crippen MR) is 51.6 cm³/mol. The van der Waals surface area contributed by atoms with Gasteiger partial charge in [-0.3, -0.25) is 0 Å². The maximum absolute atomic E-state index is 9.07. The highest BCUT2D eigenvalue weighted by Gasteiger charge is 2.06. The summed E-state index contributed by atoms with van der Waals surface area (Å²) in [5.74, 6) is 1.17. The molecular weight excluding hydrogens is 187 g/mol. The highest BCUT2D eigenvalue weighted by atomic mass is 16.6. The molecule has 4 heteroatoms. The Labute approximate surface area is 82.7 Å². The molecule has 0 spiro atoms. The molecule has 0 aliphatic heterocycles. The molecule has 1 atom stereocenters. The average Bonchev–Trinajstić information content (AvgIpc) is 2.26. The van der Waals surface area contributed by atoms with Crippen LogP contribution in [0.5, 0.6) is 11.5 Å². The van der Waals surface area contributed by atoms with Crippen molar-refractivity contribution in [2.24, 2.45) is 0 Å². The lowest BCUT2D eigenvalue weighted by molar-refractivity contribution is 0.0527. The minimum absolute atomic E-state index is 0.0525. The molecule has 1 unspecified atom stereocenters. The third-order valence-corrected chi connectivity index (χ3v) is 1.71. The van der Waals surface area contributed by atoms with Crippen LogP contribution < -0.4 is 9.47 Å². The molecule has 0 radical (unpaired) electrons. The molecule has 0 fully saturated rings. The second-order valence-electron chi connectivity index (χ2n) is 2.80. The van der Waals surface area contributed by atoms with Crippen molar-refractivity contribution in [3.63, 3.8) is 0 Å². The average molecular weight is 201 g/mol. The lowest BCUT2D eigenvalue weighted by Gasteiger charge is -2.12. The first-order valence-electron chi connectivity index (χ1n) is 4.32. The van der Waals surface area contributed by atoms with E-state index in [1.54, 1.807) is 19.2 Å². The Balaban J connectivity index is 2.57. The fraction of sp³-hybridized carbons (Fsp3) is 0.400. The third-order valence-electron chi connectivity index (χ3n) is 1.71. The Bertz CT molecular complexity index is 275. The Morgan fingerprint density at radius 2 is 1.93 bits per heavy atom. The smallest absolute Gasteiger partial charge is 0.161 e. The van der Waals surface area contributed by atoms with Gasteiger partial charge in [-0.2, -0.15) is 0 Å². The van der Waals surface area contributed by atoms with Gasteiger partial charge < -0.3 is 19.7 Å². The van der Waals surface area contributed by atoms with Gasteiger partial charge in [-0.1, -0.05) is 12.1 Å². The summed E-state index contributed by atoms with van der Waals surface area (Å²) >= 11 is 0. The van der Waals surface area contributed by atoms with E-state index in [-0.39, 0.29) is 13.2 Å². The fourth-order valence-electron chi connectivity index (χ4n) is 0.977. The topological polar surface area (TPSA) is 58.9 Å². The van der Waals surface area contributed by atoms with Crippen molar-refractivity contribution in [2.75, 3.05) is 20.3 Å². The first-order chi connectivity index (χ1) is 6.77. The summed E-state index contributed by atoms with van der Waals surface area (Å²) in [6, 6.07) is 7.14. The summed E-state index contributed by atoms with van der Waals surface area (Å²) in [5.41, 5.74) is 0. The van der Waals surface area contributed by atoms with Gasteiger partial charge in [-0.25, -0.2) is 0 Å². The van der Waals surface area contributed by atoms with Crippen molar-refractivity contribution in [1.82, 2.24) is 0 Å². The number of aliphatic hydroxyl groups excluding tert-OH is 2. The van der Waals surface area contributed by atoms with Gasteiger partial charge in [-0.05, 0) is 12.1 Å². The summed E-state index contributed by atoms with van der Waals surface area (Å²) in [5, 5.41) is 17.6. The number of aliphatic hydroxyl groups is 2. The highest BCUT2D eigenvalue weighted by Crippen LogP contribution is 2.25. The number of methoxy groups -OCH3 is 1. The summed E-state index contributed by atoms with van der Waals surface area (Å²) in [6.07, 6.45) is -0.861. The van der Waals surface area contributed by atoms with E-state index in [2.05, 4.69) is 0 Å². The molecule has 0 saturated heterocycles. The minimum Gasteiger partial charge on any atom is -0.493 e. The van der Waals surface area contributed by atoms with Crippen LogP contribution in [0.4, 0.5) is 0 Å². The van der Waals surface area contributed by atoms with E-state index in [0.29, 0.717) is 11.5 Å². The largest absolute Gasteiger partial charge is 0.493 e. The summed E-state index contributed by atoms with van der Waals surface area (Å²) < 4.78 is 10.3. The van der Waals surface area contributed by atoms with Gasteiger partial charge in [0.05, 0.1) is 13.7 Å². The van der Waals surface area contributed by atoms with Gasteiger partial charge >= 0.3 is 0 Å². The van der Waals surface area contributed by atoms with Crippen molar-refractivity contribution in [3.8, 4) is 11.5 Å². The van der Waals surface area contributed by atoms with Gasteiger partial charge in [0.15, 0.2) is 11.5 Å². The standard InChI is InChI=1S/C10H14O4/c1-13-9-4-2-3-5-10(9)14-7-8(12)6-11/h2-5,8,11-12H,6-7H2,1H3/i6+1,7+1,8+1. The van der Waals surface area contributed by atoms with E-state index < -0.39 is 6.10 Å². The van der Waals surface area contributed by atoms with E-state index >= 15 is 0 Å². The normalized spacial score (nSPS) is 12.2. The quantitative estimate of drug-likeness (QED) is 0.678. The van der Waals surface area contributed by atoms with Crippen LogP contribution in [0.15, 0.2) is 24.3 Å². The number of benzene rings is 1. The van der Waals surface area contributed by atoms with Gasteiger partial charge in [-0.15, -0.1) is 0 Å². The molecule has 1 rings (SSSR count). The Kier molecular flexibility index (Phi) is 4.22. The second-order valence-corrected chi connectivity index (χ2v) is 2.80.